The number of hydrogen-bond acceptors (Lipinski definition) is 3. The summed E-state index contributed by atoms with van der Waals surface area (Å²) in [4.78, 5) is 23.0. The third kappa shape index (κ3) is 5.10. The number of ether oxygens (including phenoxy) is 1. The van der Waals surface area contributed by atoms with Gasteiger partial charge in [0.2, 0.25) is 0 Å². The molecule has 0 bridgehead atoms. The maximum absolute atomic E-state index is 11.8. The summed E-state index contributed by atoms with van der Waals surface area (Å²) in [6.45, 7) is 7.33. The lowest BCUT2D eigenvalue weighted by Crippen LogP contribution is -2.46. The second kappa shape index (κ2) is 7.67. The first-order valence-electron chi connectivity index (χ1n) is 7.07. The highest BCUT2D eigenvalue weighted by atomic mass is 16.5. The zero-order chi connectivity index (χ0) is 16.0. The van der Waals surface area contributed by atoms with Gasteiger partial charge in [-0.3, -0.25) is 4.79 Å². The molecule has 1 amide bonds. The number of carboxylic acid groups (broad SMARTS) is 1. The van der Waals surface area contributed by atoms with E-state index in [0.717, 1.165) is 11.1 Å². The molecule has 0 saturated heterocycles. The van der Waals surface area contributed by atoms with Gasteiger partial charge in [0.05, 0.1) is 0 Å². The maximum Gasteiger partial charge on any atom is 0.326 e. The second-order valence-corrected chi connectivity index (χ2v) is 5.33. The van der Waals surface area contributed by atoms with Gasteiger partial charge in [-0.2, -0.15) is 0 Å². The number of amides is 1. The summed E-state index contributed by atoms with van der Waals surface area (Å²) in [5, 5.41) is 11.6. The Balaban J connectivity index is 2.61. The Bertz CT molecular complexity index is 513. The van der Waals surface area contributed by atoms with Crippen molar-refractivity contribution in [1.29, 1.82) is 0 Å². The van der Waals surface area contributed by atoms with E-state index in [1.165, 1.54) is 0 Å². The van der Waals surface area contributed by atoms with Gasteiger partial charge in [0.15, 0.2) is 6.61 Å². The summed E-state index contributed by atoms with van der Waals surface area (Å²) < 4.78 is 5.47. The van der Waals surface area contributed by atoms with Gasteiger partial charge >= 0.3 is 5.97 Å². The van der Waals surface area contributed by atoms with Crippen LogP contribution in [0, 0.1) is 19.8 Å². The molecule has 2 atom stereocenters. The van der Waals surface area contributed by atoms with Crippen LogP contribution in [0.4, 0.5) is 0 Å². The van der Waals surface area contributed by atoms with E-state index in [9.17, 15) is 9.59 Å². The Morgan fingerprint density at radius 3 is 2.57 bits per heavy atom. The Kier molecular flexibility index (Phi) is 6.21. The minimum absolute atomic E-state index is 0.132. The molecule has 1 aromatic rings. The van der Waals surface area contributed by atoms with Gasteiger partial charge in [-0.25, -0.2) is 4.79 Å². The van der Waals surface area contributed by atoms with Crippen molar-refractivity contribution in [2.75, 3.05) is 6.61 Å². The molecule has 1 rings (SSSR count). The number of rotatable bonds is 7. The van der Waals surface area contributed by atoms with Crippen LogP contribution in [-0.4, -0.2) is 29.6 Å². The molecule has 116 valence electrons. The third-order valence-electron chi connectivity index (χ3n) is 3.50. The average Bonchev–Trinajstić information content (AvgIpc) is 2.44. The van der Waals surface area contributed by atoms with Crippen molar-refractivity contribution in [3.05, 3.63) is 29.3 Å². The Morgan fingerprint density at radius 2 is 2.00 bits per heavy atom. The fraction of sp³-hybridized carbons (Fsp3) is 0.500. The third-order valence-corrected chi connectivity index (χ3v) is 3.50. The van der Waals surface area contributed by atoms with Gasteiger partial charge < -0.3 is 15.2 Å². The molecule has 0 heterocycles. The van der Waals surface area contributed by atoms with E-state index >= 15 is 0 Å². The maximum atomic E-state index is 11.8. The first-order valence-corrected chi connectivity index (χ1v) is 7.07. The van der Waals surface area contributed by atoms with Crippen molar-refractivity contribution in [2.24, 2.45) is 5.92 Å². The normalized spacial score (nSPS) is 13.3. The number of aryl methyl sites for hydroxylation is 2. The summed E-state index contributed by atoms with van der Waals surface area (Å²) in [5.74, 6) is -0.944. The summed E-state index contributed by atoms with van der Waals surface area (Å²) in [6, 6.07) is 4.85. The lowest BCUT2D eigenvalue weighted by Gasteiger charge is -2.20. The molecule has 0 aliphatic heterocycles. The van der Waals surface area contributed by atoms with Gasteiger partial charge in [0.1, 0.15) is 11.8 Å². The summed E-state index contributed by atoms with van der Waals surface area (Å²) >= 11 is 0. The van der Waals surface area contributed by atoms with Crippen LogP contribution in [0.5, 0.6) is 5.75 Å². The second-order valence-electron chi connectivity index (χ2n) is 5.33. The fourth-order valence-electron chi connectivity index (χ4n) is 1.90. The Morgan fingerprint density at radius 1 is 1.33 bits per heavy atom. The van der Waals surface area contributed by atoms with Crippen LogP contribution in [0.2, 0.25) is 0 Å². The Labute approximate surface area is 125 Å². The molecule has 0 saturated carbocycles. The van der Waals surface area contributed by atoms with Crippen LogP contribution >= 0.6 is 0 Å². The summed E-state index contributed by atoms with van der Waals surface area (Å²) in [6.07, 6.45) is 0.676. The standard InChI is InChI=1S/C16H23NO4/c1-5-11(3)15(16(19)20)17-14(18)9-21-13-8-10(2)6-7-12(13)4/h6-8,11,15H,5,9H2,1-4H3,(H,17,18)(H,19,20). The molecule has 0 aliphatic rings. The van der Waals surface area contributed by atoms with Crippen LogP contribution in [-0.2, 0) is 9.59 Å². The quantitative estimate of drug-likeness (QED) is 0.809. The molecule has 21 heavy (non-hydrogen) atoms. The molecular formula is C16H23NO4. The van der Waals surface area contributed by atoms with Crippen LogP contribution in [0.25, 0.3) is 0 Å². The molecular weight excluding hydrogens is 270 g/mol. The number of carbonyl (C=O) groups is 2. The van der Waals surface area contributed by atoms with E-state index in [1.807, 2.05) is 39.0 Å². The molecule has 2 unspecified atom stereocenters. The van der Waals surface area contributed by atoms with Crippen molar-refractivity contribution < 1.29 is 19.4 Å². The van der Waals surface area contributed by atoms with E-state index in [-0.39, 0.29) is 12.5 Å². The molecule has 0 spiro atoms. The largest absolute Gasteiger partial charge is 0.483 e. The number of carbonyl (C=O) groups excluding carboxylic acids is 1. The topological polar surface area (TPSA) is 75.6 Å². The van der Waals surface area contributed by atoms with E-state index in [1.54, 1.807) is 6.92 Å². The highest BCUT2D eigenvalue weighted by molar-refractivity contribution is 5.84. The van der Waals surface area contributed by atoms with Crippen molar-refractivity contribution >= 4 is 11.9 Å². The molecule has 1 aromatic carbocycles. The molecule has 0 aliphatic carbocycles. The van der Waals surface area contributed by atoms with Crippen LogP contribution in [0.1, 0.15) is 31.4 Å². The minimum atomic E-state index is -1.02. The van der Waals surface area contributed by atoms with Gasteiger partial charge in [0, 0.05) is 0 Å². The van der Waals surface area contributed by atoms with E-state index < -0.39 is 17.9 Å². The number of nitrogens with one attached hydrogen (secondary N) is 1. The fourth-order valence-corrected chi connectivity index (χ4v) is 1.90. The molecule has 0 radical (unpaired) electrons. The number of hydrogen-bond donors (Lipinski definition) is 2. The molecule has 0 fully saturated rings. The highest BCUT2D eigenvalue weighted by Gasteiger charge is 2.25. The van der Waals surface area contributed by atoms with Gasteiger partial charge in [-0.15, -0.1) is 0 Å². The number of benzene rings is 1. The van der Waals surface area contributed by atoms with Crippen molar-refractivity contribution in [2.45, 2.75) is 40.2 Å². The molecule has 5 nitrogen and oxygen atoms in total. The summed E-state index contributed by atoms with van der Waals surface area (Å²) in [7, 11) is 0. The monoisotopic (exact) mass is 293 g/mol. The van der Waals surface area contributed by atoms with Gasteiger partial charge in [-0.1, -0.05) is 32.4 Å². The van der Waals surface area contributed by atoms with Crippen molar-refractivity contribution in [1.82, 2.24) is 5.32 Å². The molecule has 0 aromatic heterocycles. The van der Waals surface area contributed by atoms with Crippen LogP contribution in [0.15, 0.2) is 18.2 Å². The van der Waals surface area contributed by atoms with E-state index in [2.05, 4.69) is 5.32 Å². The lowest BCUT2D eigenvalue weighted by molar-refractivity contribution is -0.143. The predicted octanol–water partition coefficient (Wildman–Crippen LogP) is 2.30. The zero-order valence-corrected chi connectivity index (χ0v) is 13.0. The number of aliphatic carboxylic acids is 1. The zero-order valence-electron chi connectivity index (χ0n) is 13.0. The smallest absolute Gasteiger partial charge is 0.326 e. The van der Waals surface area contributed by atoms with Crippen LogP contribution in [0.3, 0.4) is 0 Å². The van der Waals surface area contributed by atoms with Gasteiger partial charge in [-0.05, 0) is 37.0 Å². The highest BCUT2D eigenvalue weighted by Crippen LogP contribution is 2.18. The van der Waals surface area contributed by atoms with E-state index in [0.29, 0.717) is 12.2 Å². The molecule has 5 heteroatoms. The van der Waals surface area contributed by atoms with E-state index in [4.69, 9.17) is 9.84 Å². The minimum Gasteiger partial charge on any atom is -0.483 e. The SMILES string of the molecule is CCC(C)C(NC(=O)COc1cc(C)ccc1C)C(=O)O. The summed E-state index contributed by atoms with van der Waals surface area (Å²) in [5.41, 5.74) is 1.98. The lowest BCUT2D eigenvalue weighted by atomic mass is 9.99. The first kappa shape index (κ1) is 17.0. The van der Waals surface area contributed by atoms with Crippen molar-refractivity contribution in [3.8, 4) is 5.75 Å². The van der Waals surface area contributed by atoms with Gasteiger partial charge in [0.25, 0.3) is 5.91 Å². The first-order chi connectivity index (χ1) is 9.85. The number of carboxylic acids is 1. The molecule has 2 N–H and O–H groups in total. The van der Waals surface area contributed by atoms with Crippen LogP contribution < -0.4 is 10.1 Å². The Hall–Kier alpha value is -2.04. The average molecular weight is 293 g/mol. The predicted molar refractivity (Wildman–Crippen MR) is 80.4 cm³/mol. The van der Waals surface area contributed by atoms with Crippen molar-refractivity contribution in [3.63, 3.8) is 0 Å².